The van der Waals surface area contributed by atoms with Crippen LogP contribution < -0.4 is 16.2 Å². The standard InChI is InChI=1S/C29H41N3O3/c1-3-4-5-6-7-8-9-10-11-12-13-14-15-16-17-18-19-20-27(33)30-23-24-31-29(35)26-21-22-28(34)32(2)25-26/h4-5,7-8,10-11,13-14,16-17,21-22,25H,3,6,9,12,15,18-20,23-24H2,1-2H3,(H,30,33)(H,31,35)/b5-4-,8-7-,11-10-,14-13-,17-16-. The van der Waals surface area contributed by atoms with Crippen molar-refractivity contribution in [2.24, 2.45) is 7.05 Å². The largest absolute Gasteiger partial charge is 0.354 e. The molecule has 6 nitrogen and oxygen atoms in total. The molecule has 0 unspecified atom stereocenters. The Kier molecular flexibility index (Phi) is 16.9. The maximum absolute atomic E-state index is 12.0. The normalized spacial score (nSPS) is 12.1. The van der Waals surface area contributed by atoms with Crippen molar-refractivity contribution in [1.29, 1.82) is 0 Å². The van der Waals surface area contributed by atoms with Crippen molar-refractivity contribution in [3.8, 4) is 0 Å². The molecule has 0 bridgehead atoms. The van der Waals surface area contributed by atoms with Gasteiger partial charge >= 0.3 is 0 Å². The monoisotopic (exact) mass is 479 g/mol. The van der Waals surface area contributed by atoms with Crippen LogP contribution >= 0.6 is 0 Å². The Balaban J connectivity index is 2.01. The van der Waals surface area contributed by atoms with Crippen LogP contribution in [-0.2, 0) is 11.8 Å². The Hall–Kier alpha value is -3.41. The molecule has 6 heteroatoms. The highest BCUT2D eigenvalue weighted by molar-refractivity contribution is 5.93. The number of nitrogens with one attached hydrogen (secondary N) is 2. The quantitative estimate of drug-likeness (QED) is 0.239. The van der Waals surface area contributed by atoms with Crippen LogP contribution in [0, 0.1) is 0 Å². The number of unbranched alkanes of at least 4 members (excludes halogenated alkanes) is 1. The van der Waals surface area contributed by atoms with Crippen molar-refractivity contribution in [2.75, 3.05) is 13.1 Å². The second kappa shape index (κ2) is 20.0. The molecule has 0 radical (unpaired) electrons. The minimum absolute atomic E-state index is 0.0197. The summed E-state index contributed by atoms with van der Waals surface area (Å²) in [6.45, 7) is 2.85. The van der Waals surface area contributed by atoms with Crippen LogP contribution in [0.5, 0.6) is 0 Å². The van der Waals surface area contributed by atoms with Gasteiger partial charge in [-0.05, 0) is 51.0 Å². The van der Waals surface area contributed by atoms with Gasteiger partial charge in [-0.15, -0.1) is 0 Å². The Morgan fingerprint density at radius 2 is 1.34 bits per heavy atom. The molecule has 2 amide bonds. The molecule has 0 atom stereocenters. The second-order valence-corrected chi connectivity index (χ2v) is 8.07. The van der Waals surface area contributed by atoms with Gasteiger partial charge in [0.25, 0.3) is 5.91 Å². The fourth-order valence-corrected chi connectivity index (χ4v) is 3.05. The number of carbonyl (C=O) groups excluding carboxylic acids is 2. The zero-order valence-electron chi connectivity index (χ0n) is 21.2. The van der Waals surface area contributed by atoms with Gasteiger partial charge in [-0.1, -0.05) is 67.7 Å². The highest BCUT2D eigenvalue weighted by atomic mass is 16.2. The zero-order valence-corrected chi connectivity index (χ0v) is 21.2. The number of hydrogen-bond acceptors (Lipinski definition) is 3. The summed E-state index contributed by atoms with van der Waals surface area (Å²) in [6, 6.07) is 2.85. The summed E-state index contributed by atoms with van der Waals surface area (Å²) in [5.74, 6) is -0.290. The second-order valence-electron chi connectivity index (χ2n) is 8.07. The molecule has 0 aliphatic heterocycles. The maximum Gasteiger partial charge on any atom is 0.252 e. The van der Waals surface area contributed by atoms with E-state index in [4.69, 9.17) is 0 Å². The number of nitrogens with zero attached hydrogens (tertiary/aromatic N) is 1. The van der Waals surface area contributed by atoms with E-state index in [9.17, 15) is 14.4 Å². The van der Waals surface area contributed by atoms with Gasteiger partial charge in [0.15, 0.2) is 0 Å². The SMILES string of the molecule is CC/C=C\C/C=C\C/C=C\C/C=C\C/C=C\CCCC(=O)NCCNC(=O)c1ccc(=O)n(C)c1. The lowest BCUT2D eigenvalue weighted by Crippen LogP contribution is -2.35. The van der Waals surface area contributed by atoms with Crippen molar-refractivity contribution in [3.05, 3.63) is 95.0 Å². The summed E-state index contributed by atoms with van der Waals surface area (Å²) in [6.07, 6.45) is 30.2. The maximum atomic E-state index is 12.0. The molecule has 1 aromatic rings. The number of hydrogen-bond donors (Lipinski definition) is 2. The molecule has 0 aliphatic carbocycles. The van der Waals surface area contributed by atoms with Crippen molar-refractivity contribution < 1.29 is 9.59 Å². The molecule has 0 aliphatic rings. The van der Waals surface area contributed by atoms with E-state index in [-0.39, 0.29) is 17.4 Å². The molecule has 0 saturated carbocycles. The number of allylic oxidation sites excluding steroid dienone is 10. The van der Waals surface area contributed by atoms with Gasteiger partial charge in [-0.25, -0.2) is 0 Å². The minimum atomic E-state index is -0.270. The summed E-state index contributed by atoms with van der Waals surface area (Å²) >= 11 is 0. The summed E-state index contributed by atoms with van der Waals surface area (Å²) in [5.41, 5.74) is 0.244. The molecule has 35 heavy (non-hydrogen) atoms. The molecule has 2 N–H and O–H groups in total. The van der Waals surface area contributed by atoms with Gasteiger partial charge in [-0.3, -0.25) is 14.4 Å². The van der Waals surface area contributed by atoms with E-state index >= 15 is 0 Å². The lowest BCUT2D eigenvalue weighted by molar-refractivity contribution is -0.121. The number of aryl methyl sites for hydroxylation is 1. The molecular weight excluding hydrogens is 438 g/mol. The third-order valence-electron chi connectivity index (χ3n) is 5.01. The molecule has 0 aromatic carbocycles. The van der Waals surface area contributed by atoms with Crippen LogP contribution in [0.1, 0.15) is 68.6 Å². The van der Waals surface area contributed by atoms with E-state index < -0.39 is 0 Å². The molecule has 1 aromatic heterocycles. The number of aromatic nitrogens is 1. The zero-order chi connectivity index (χ0) is 25.6. The lowest BCUT2D eigenvalue weighted by atomic mass is 10.2. The van der Waals surface area contributed by atoms with Crippen LogP contribution in [0.15, 0.2) is 83.9 Å². The van der Waals surface area contributed by atoms with Crippen molar-refractivity contribution in [1.82, 2.24) is 15.2 Å². The van der Waals surface area contributed by atoms with Gasteiger partial charge in [0.1, 0.15) is 0 Å². The van der Waals surface area contributed by atoms with Crippen molar-refractivity contribution in [3.63, 3.8) is 0 Å². The van der Waals surface area contributed by atoms with Gasteiger partial charge in [0.2, 0.25) is 11.5 Å². The fourth-order valence-electron chi connectivity index (χ4n) is 3.05. The van der Waals surface area contributed by atoms with E-state index in [2.05, 4.69) is 78.3 Å². The summed E-state index contributed by atoms with van der Waals surface area (Å²) < 4.78 is 1.36. The lowest BCUT2D eigenvalue weighted by Gasteiger charge is -2.07. The molecular formula is C29H41N3O3. The average Bonchev–Trinajstić information content (AvgIpc) is 2.85. The van der Waals surface area contributed by atoms with Gasteiger partial charge in [0, 0.05) is 38.8 Å². The van der Waals surface area contributed by atoms with Crippen LogP contribution in [0.3, 0.4) is 0 Å². The highest BCUT2D eigenvalue weighted by Crippen LogP contribution is 2.00. The predicted octanol–water partition coefficient (Wildman–Crippen LogP) is 5.15. The van der Waals surface area contributed by atoms with Gasteiger partial charge in [0.05, 0.1) is 5.56 Å². The Morgan fingerprint density at radius 1 is 0.800 bits per heavy atom. The van der Waals surface area contributed by atoms with Crippen LogP contribution in [0.2, 0.25) is 0 Å². The van der Waals surface area contributed by atoms with Crippen molar-refractivity contribution >= 4 is 11.8 Å². The van der Waals surface area contributed by atoms with E-state index in [0.717, 1.165) is 44.9 Å². The van der Waals surface area contributed by atoms with Crippen LogP contribution in [-0.4, -0.2) is 29.5 Å². The molecule has 0 fully saturated rings. The molecule has 1 heterocycles. The molecule has 1 rings (SSSR count). The van der Waals surface area contributed by atoms with Crippen LogP contribution in [0.4, 0.5) is 0 Å². The molecule has 0 spiro atoms. The fraction of sp³-hybridized carbons (Fsp3) is 0.414. The Morgan fingerprint density at radius 3 is 1.91 bits per heavy atom. The summed E-state index contributed by atoms with van der Waals surface area (Å²) in [7, 11) is 1.60. The third kappa shape index (κ3) is 16.0. The Bertz CT molecular complexity index is 952. The van der Waals surface area contributed by atoms with Gasteiger partial charge in [-0.2, -0.15) is 0 Å². The van der Waals surface area contributed by atoms with Crippen molar-refractivity contribution in [2.45, 2.75) is 58.3 Å². The first-order chi connectivity index (χ1) is 17.0. The van der Waals surface area contributed by atoms with E-state index in [0.29, 0.717) is 25.1 Å². The minimum Gasteiger partial charge on any atom is -0.354 e. The first-order valence-corrected chi connectivity index (χ1v) is 12.5. The number of amides is 2. The predicted molar refractivity (Wildman–Crippen MR) is 145 cm³/mol. The first-order valence-electron chi connectivity index (χ1n) is 12.5. The van der Waals surface area contributed by atoms with E-state index in [1.54, 1.807) is 7.05 Å². The Labute approximate surface area is 210 Å². The van der Waals surface area contributed by atoms with E-state index in [1.807, 2.05) is 0 Å². The smallest absolute Gasteiger partial charge is 0.252 e. The topological polar surface area (TPSA) is 80.2 Å². The number of rotatable bonds is 17. The summed E-state index contributed by atoms with van der Waals surface area (Å²) in [4.78, 5) is 35.3. The van der Waals surface area contributed by atoms with Gasteiger partial charge < -0.3 is 15.2 Å². The molecule has 0 saturated heterocycles. The van der Waals surface area contributed by atoms with E-state index in [1.165, 1.54) is 22.9 Å². The van der Waals surface area contributed by atoms with Crippen LogP contribution in [0.25, 0.3) is 0 Å². The average molecular weight is 480 g/mol. The number of pyridine rings is 1. The number of carbonyl (C=O) groups is 2. The summed E-state index contributed by atoms with van der Waals surface area (Å²) in [5, 5.41) is 5.54. The first kappa shape index (κ1) is 29.6. The highest BCUT2D eigenvalue weighted by Gasteiger charge is 2.06. The third-order valence-corrected chi connectivity index (χ3v) is 5.01. The molecule has 190 valence electrons.